The molecule has 0 bridgehead atoms. The van der Waals surface area contributed by atoms with E-state index in [1.165, 1.54) is 80.8 Å². The van der Waals surface area contributed by atoms with Crippen LogP contribution in [0.15, 0.2) is 437 Å². The van der Waals surface area contributed by atoms with E-state index in [1.807, 2.05) is 66.8 Å². The van der Waals surface area contributed by atoms with Gasteiger partial charge in [-0.1, -0.05) is 427 Å². The number of nitrogens with zero attached hydrogens (tertiary/aromatic N) is 8. The normalized spacial score (nSPS) is 10.3. The van der Waals surface area contributed by atoms with Crippen molar-refractivity contribution in [1.29, 1.82) is 0 Å². The van der Waals surface area contributed by atoms with E-state index in [2.05, 4.69) is 406 Å². The van der Waals surface area contributed by atoms with Crippen molar-refractivity contribution in [2.45, 2.75) is 21.8 Å². The van der Waals surface area contributed by atoms with Crippen LogP contribution in [0.25, 0.3) is 33.2 Å². The maximum atomic E-state index is 5.80. The van der Waals surface area contributed by atoms with E-state index < -0.39 is 31.7 Å². The number of hydrogen-bond acceptors (Lipinski definition) is 6. The molecule has 0 unspecified atom stereocenters. The van der Waals surface area contributed by atoms with Gasteiger partial charge in [-0.3, -0.25) is 9.36 Å². The van der Waals surface area contributed by atoms with Crippen LogP contribution in [0.2, 0.25) is 15.7 Å². The fraction of sp³-hybridized carbons (Fsp3) is 0.0505. The molecule has 4 heterocycles. The van der Waals surface area contributed by atoms with Gasteiger partial charge in [-0.15, -0.1) is 0 Å². The van der Waals surface area contributed by atoms with E-state index in [0.717, 1.165) is 28.0 Å². The second-order valence-electron chi connectivity index (χ2n) is 24.9. The van der Waals surface area contributed by atoms with Gasteiger partial charge < -0.3 is 0 Å². The summed E-state index contributed by atoms with van der Waals surface area (Å²) in [6.07, 6.45) is 3.13. The average Bonchev–Trinajstić information content (AvgIpc) is 1.66. The van der Waals surface area contributed by atoms with Crippen molar-refractivity contribution in [3.8, 4) is 11.4 Å². The van der Waals surface area contributed by atoms with Crippen molar-refractivity contribution in [2.24, 2.45) is 14.1 Å². The Hall–Kier alpha value is -10.6. The molecule has 0 saturated carbocycles. The fourth-order valence-corrected chi connectivity index (χ4v) is 22.0. The van der Waals surface area contributed by atoms with Crippen molar-refractivity contribution in [3.05, 3.63) is 458 Å². The van der Waals surface area contributed by atoms with Crippen LogP contribution in [0.4, 0.5) is 0 Å². The largest absolute Gasteiger partial charge is 0.268 e. The molecule has 0 amide bonds. The Balaban J connectivity index is 0.000000155. The predicted octanol–water partition coefficient (Wildman–Crippen LogP) is 21.4. The monoisotopic (exact) mass is 1720 g/mol. The summed E-state index contributed by atoms with van der Waals surface area (Å²) in [7, 11) is 2.09. The molecular formula is C99H89Cl3N8P4Pd. The molecule has 0 spiro atoms. The molecular weight excluding hydrogens is 1640 g/mol. The van der Waals surface area contributed by atoms with Crippen LogP contribution in [-0.2, 0) is 34.5 Å². The van der Waals surface area contributed by atoms with E-state index in [9.17, 15) is 0 Å². The quantitative estimate of drug-likeness (QED) is 0.0495. The first kappa shape index (κ1) is 88.4. The first-order chi connectivity index (χ1) is 55.1. The smallest absolute Gasteiger partial charge is 0.223 e. The van der Waals surface area contributed by atoms with Crippen molar-refractivity contribution in [3.63, 3.8) is 0 Å². The topological polar surface area (TPSA) is 87.2 Å². The number of fused-ring (bicyclic) bond motifs is 2. The zero-order chi connectivity index (χ0) is 77.3. The second-order valence-corrected chi connectivity index (χ2v) is 34.9. The van der Waals surface area contributed by atoms with Gasteiger partial charge in [0.15, 0.2) is 0 Å². The first-order valence-electron chi connectivity index (χ1n) is 36.4. The number of hydrogen-bond donors (Lipinski definition) is 0. The van der Waals surface area contributed by atoms with Crippen molar-refractivity contribution >= 4 is 152 Å². The van der Waals surface area contributed by atoms with Crippen LogP contribution >= 0.6 is 66.5 Å². The minimum atomic E-state index is -0.446. The van der Waals surface area contributed by atoms with Gasteiger partial charge >= 0.3 is 0 Å². The van der Waals surface area contributed by atoms with E-state index in [0.29, 0.717) is 5.15 Å². The second kappa shape index (κ2) is 47.3. The summed E-state index contributed by atoms with van der Waals surface area (Å²) in [6, 6.07) is 149. The third-order valence-electron chi connectivity index (χ3n) is 17.3. The SMILES string of the molecule is C.C.Cc1nn(C)c2ccccc12.Clc1ccnc(Cl)n1.Cn1nc(-c2ccnc(Cl)n2)c2ccccc21.[Pd].c1ccc(P(c2ccccc2)c2ccccc2)cc1.c1ccc(P(c2ccccc2)c2ccccc2)cc1.c1ccc(P(c2ccccc2)c2ccccc2)cc1.c1ccc(P(c2ccccc2)c2ccccc2)cc1. The molecule has 0 saturated heterocycles. The van der Waals surface area contributed by atoms with Crippen LogP contribution in [0, 0.1) is 6.92 Å². The molecule has 0 aliphatic carbocycles. The molecule has 18 aromatic rings. The van der Waals surface area contributed by atoms with Crippen LogP contribution in [0.5, 0.6) is 0 Å². The Morgan fingerprint density at radius 3 is 0.678 bits per heavy atom. The number of aryl methyl sites for hydroxylation is 3. The van der Waals surface area contributed by atoms with Gasteiger partial charge in [0, 0.05) is 57.7 Å². The van der Waals surface area contributed by atoms with Gasteiger partial charge in [0.1, 0.15) is 10.8 Å². The van der Waals surface area contributed by atoms with E-state index in [4.69, 9.17) is 34.8 Å². The molecule has 14 aromatic carbocycles. The minimum Gasteiger partial charge on any atom is -0.268 e. The third-order valence-corrected chi connectivity index (χ3v) is 27.7. The summed E-state index contributed by atoms with van der Waals surface area (Å²) in [5.41, 5.74) is 4.93. The molecule has 16 heteroatoms. The molecule has 0 aliphatic heterocycles. The maximum Gasteiger partial charge on any atom is 0.223 e. The van der Waals surface area contributed by atoms with Crippen molar-refractivity contribution in [1.82, 2.24) is 39.5 Å². The van der Waals surface area contributed by atoms with Gasteiger partial charge in [-0.05, 0) is 150 Å². The van der Waals surface area contributed by atoms with E-state index >= 15 is 0 Å². The fourth-order valence-electron chi connectivity index (χ4n) is 12.3. The Kier molecular flexibility index (Phi) is 36.4. The van der Waals surface area contributed by atoms with Gasteiger partial charge in [0.2, 0.25) is 10.6 Å². The zero-order valence-electron chi connectivity index (χ0n) is 62.4. The molecule has 0 aliphatic rings. The first-order valence-corrected chi connectivity index (χ1v) is 42.9. The van der Waals surface area contributed by atoms with Gasteiger partial charge in [0.25, 0.3) is 0 Å². The molecule has 18 rings (SSSR count). The van der Waals surface area contributed by atoms with Crippen molar-refractivity contribution in [2.75, 3.05) is 0 Å². The molecule has 0 fully saturated rings. The average molecular weight is 1730 g/mol. The molecule has 4 aromatic heterocycles. The molecule has 8 nitrogen and oxygen atoms in total. The molecule has 115 heavy (non-hydrogen) atoms. The van der Waals surface area contributed by atoms with E-state index in [-0.39, 0.29) is 45.8 Å². The number of halogens is 3. The molecule has 0 radical (unpaired) electrons. The summed E-state index contributed by atoms with van der Waals surface area (Å²) >= 11 is 16.5. The van der Waals surface area contributed by atoms with Crippen LogP contribution in [-0.4, -0.2) is 39.5 Å². The summed E-state index contributed by atoms with van der Waals surface area (Å²) in [4.78, 5) is 15.3. The van der Waals surface area contributed by atoms with Gasteiger partial charge in [0.05, 0.1) is 22.4 Å². The summed E-state index contributed by atoms with van der Waals surface area (Å²) in [5, 5.41) is 28.6. The maximum absolute atomic E-state index is 5.80. The molecule has 0 atom stereocenters. The summed E-state index contributed by atoms with van der Waals surface area (Å²) in [5.74, 6) is 0. The minimum absolute atomic E-state index is 0. The van der Waals surface area contributed by atoms with Crippen LogP contribution in [0.3, 0.4) is 0 Å². The van der Waals surface area contributed by atoms with Gasteiger partial charge in [-0.2, -0.15) is 10.2 Å². The summed E-state index contributed by atoms with van der Waals surface area (Å²) < 4.78 is 3.74. The van der Waals surface area contributed by atoms with Crippen molar-refractivity contribution < 1.29 is 20.4 Å². The number of aromatic nitrogens is 8. The van der Waals surface area contributed by atoms with Crippen LogP contribution < -0.4 is 63.7 Å². The molecule has 576 valence electrons. The Bertz CT molecular complexity index is 4840. The Labute approximate surface area is 711 Å². The number of benzene rings is 14. The third kappa shape index (κ3) is 25.7. The van der Waals surface area contributed by atoms with Crippen LogP contribution in [0.1, 0.15) is 20.5 Å². The van der Waals surface area contributed by atoms with E-state index in [1.54, 1.807) is 18.3 Å². The Morgan fingerprint density at radius 1 is 0.243 bits per heavy atom. The summed E-state index contributed by atoms with van der Waals surface area (Å²) in [6.45, 7) is 2.03. The van der Waals surface area contributed by atoms with Gasteiger partial charge in [-0.25, -0.2) is 19.9 Å². The predicted molar refractivity (Wildman–Crippen MR) is 498 cm³/mol. The zero-order valence-corrected chi connectivity index (χ0v) is 69.8. The standard InChI is InChI=1S/4C18H15P.C12H9ClN4.C9H10N2.C4H2Cl2N2.2CH4.Pd/c4*1-4-10-16(11-5-1)19(17-12-6-2-7-13-17)18-14-8-3-9-15-18;1-17-10-5-3-2-4-8(10)11(16-17)9-6-7-14-12(13)15-9;1-7-8-5-3-4-6-9(8)11(2)10-7;5-3-1-2-7-4(6)8-3;;;/h4*1-15H;2-7H,1H3;3-6H,1-2H3;1-2H;2*1H4;. The number of rotatable bonds is 13. The Morgan fingerprint density at radius 2 is 0.452 bits per heavy atom. The number of para-hydroxylation sites is 2. The molecule has 0 N–H and O–H groups in total.